The lowest BCUT2D eigenvalue weighted by atomic mass is 10.1. The number of aromatic amines is 1. The Labute approximate surface area is 183 Å². The van der Waals surface area contributed by atoms with Crippen molar-refractivity contribution in [1.29, 1.82) is 0 Å². The molecule has 1 aliphatic rings. The van der Waals surface area contributed by atoms with Gasteiger partial charge in [0.1, 0.15) is 18.5 Å². The van der Waals surface area contributed by atoms with Gasteiger partial charge in [0.05, 0.1) is 31.4 Å². The number of aromatic nitrogens is 2. The van der Waals surface area contributed by atoms with Crippen molar-refractivity contribution in [2.45, 2.75) is 51.7 Å². The average molecular weight is 432 g/mol. The molecule has 31 heavy (non-hydrogen) atoms. The van der Waals surface area contributed by atoms with Crippen LogP contribution < -0.4 is 4.74 Å². The van der Waals surface area contributed by atoms with Gasteiger partial charge in [-0.3, -0.25) is 9.89 Å². The number of hydrogen-bond donors (Lipinski definition) is 3. The Kier molecular flexibility index (Phi) is 8.45. The van der Waals surface area contributed by atoms with Gasteiger partial charge in [-0.05, 0) is 44.7 Å². The molecule has 0 bridgehead atoms. The fourth-order valence-corrected chi connectivity index (χ4v) is 3.74. The van der Waals surface area contributed by atoms with Crippen LogP contribution in [0.3, 0.4) is 0 Å². The normalized spacial score (nSPS) is 21.5. The molecule has 1 aromatic carbocycles. The first-order valence-corrected chi connectivity index (χ1v) is 10.9. The number of amides is 1. The number of benzene rings is 1. The zero-order valence-electron chi connectivity index (χ0n) is 18.3. The molecule has 0 aliphatic carbocycles. The predicted molar refractivity (Wildman–Crippen MR) is 116 cm³/mol. The number of para-hydroxylation sites is 1. The molecule has 2 heterocycles. The lowest BCUT2D eigenvalue weighted by Gasteiger charge is -2.26. The second kappa shape index (κ2) is 11.3. The highest BCUT2D eigenvalue weighted by Crippen LogP contribution is 2.20. The average Bonchev–Trinajstić information content (AvgIpc) is 3.07. The number of carbonyl (C=O) groups excluding carboxylic acids is 1. The summed E-state index contributed by atoms with van der Waals surface area (Å²) in [4.78, 5) is 14.7. The number of hydrogen-bond acceptors (Lipinski definition) is 6. The minimum atomic E-state index is -0.982. The van der Waals surface area contributed by atoms with Crippen LogP contribution in [0, 0.1) is 13.8 Å². The SMILES string of the molecule is Cc1n[nH]c(C)c1CC(=O)N1CCOc2ccccc2CCCOC[C@@H](O)[C@@H](O)CC1. The van der Waals surface area contributed by atoms with Gasteiger partial charge < -0.3 is 24.6 Å². The van der Waals surface area contributed by atoms with E-state index < -0.39 is 12.2 Å². The van der Waals surface area contributed by atoms with E-state index in [9.17, 15) is 15.0 Å². The van der Waals surface area contributed by atoms with Crippen LogP contribution in [0.2, 0.25) is 0 Å². The molecule has 3 N–H and O–H groups in total. The van der Waals surface area contributed by atoms with Crippen LogP contribution in [0.1, 0.15) is 35.4 Å². The third-order valence-corrected chi connectivity index (χ3v) is 5.72. The molecule has 0 saturated carbocycles. The molecule has 1 aliphatic heterocycles. The Morgan fingerprint density at radius 1 is 1.19 bits per heavy atom. The van der Waals surface area contributed by atoms with Crippen LogP contribution in [0.5, 0.6) is 5.75 Å². The number of nitrogens with zero attached hydrogens (tertiary/aromatic N) is 2. The van der Waals surface area contributed by atoms with Crippen LogP contribution in [0.4, 0.5) is 0 Å². The van der Waals surface area contributed by atoms with E-state index in [-0.39, 0.29) is 25.4 Å². The quantitative estimate of drug-likeness (QED) is 0.666. The summed E-state index contributed by atoms with van der Waals surface area (Å²) in [6.07, 6.45) is 0.121. The van der Waals surface area contributed by atoms with Crippen molar-refractivity contribution in [1.82, 2.24) is 15.1 Å². The molecule has 2 atom stereocenters. The molecule has 0 saturated heterocycles. The maximum absolute atomic E-state index is 13.1. The van der Waals surface area contributed by atoms with Crippen molar-refractivity contribution in [2.24, 2.45) is 0 Å². The Bertz CT molecular complexity index is 834. The highest BCUT2D eigenvalue weighted by atomic mass is 16.5. The monoisotopic (exact) mass is 431 g/mol. The summed E-state index contributed by atoms with van der Waals surface area (Å²) in [5, 5.41) is 27.6. The zero-order valence-corrected chi connectivity index (χ0v) is 18.3. The molecule has 8 heteroatoms. The number of aryl methyl sites for hydroxylation is 3. The van der Waals surface area contributed by atoms with Crippen LogP contribution in [-0.2, 0) is 22.4 Å². The first-order chi connectivity index (χ1) is 15.0. The number of fused-ring (bicyclic) bond motifs is 1. The second-order valence-electron chi connectivity index (χ2n) is 8.03. The van der Waals surface area contributed by atoms with Crippen LogP contribution in [-0.4, -0.2) is 76.3 Å². The van der Waals surface area contributed by atoms with Crippen molar-refractivity contribution < 1.29 is 24.5 Å². The van der Waals surface area contributed by atoms with E-state index >= 15 is 0 Å². The topological polar surface area (TPSA) is 108 Å². The number of H-pyrrole nitrogens is 1. The Morgan fingerprint density at radius 3 is 2.77 bits per heavy atom. The molecular formula is C23H33N3O5. The van der Waals surface area contributed by atoms with Crippen LogP contribution in [0.15, 0.2) is 24.3 Å². The molecule has 0 unspecified atom stereocenters. The van der Waals surface area contributed by atoms with Crippen molar-refractivity contribution >= 4 is 5.91 Å². The number of aliphatic hydroxyl groups is 2. The first-order valence-electron chi connectivity index (χ1n) is 10.9. The molecule has 0 spiro atoms. The lowest BCUT2D eigenvalue weighted by molar-refractivity contribution is -0.131. The second-order valence-corrected chi connectivity index (χ2v) is 8.03. The van der Waals surface area contributed by atoms with Crippen LogP contribution in [0.25, 0.3) is 0 Å². The third kappa shape index (κ3) is 6.53. The van der Waals surface area contributed by atoms with E-state index in [1.165, 1.54) is 0 Å². The Hall–Kier alpha value is -2.42. The van der Waals surface area contributed by atoms with Crippen molar-refractivity contribution in [3.05, 3.63) is 46.8 Å². The van der Waals surface area contributed by atoms with E-state index in [4.69, 9.17) is 9.47 Å². The maximum atomic E-state index is 13.1. The van der Waals surface area contributed by atoms with Gasteiger partial charge in [0, 0.05) is 24.4 Å². The minimum absolute atomic E-state index is 0.0632. The smallest absolute Gasteiger partial charge is 0.227 e. The molecule has 2 aromatic rings. The van der Waals surface area contributed by atoms with Crippen molar-refractivity contribution in [2.75, 3.05) is 32.9 Å². The third-order valence-electron chi connectivity index (χ3n) is 5.72. The first kappa shape index (κ1) is 23.2. The molecule has 3 rings (SSSR count). The fourth-order valence-electron chi connectivity index (χ4n) is 3.74. The fraction of sp³-hybridized carbons (Fsp3) is 0.565. The molecular weight excluding hydrogens is 398 g/mol. The highest BCUT2D eigenvalue weighted by Gasteiger charge is 2.22. The van der Waals surface area contributed by atoms with Gasteiger partial charge in [-0.25, -0.2) is 0 Å². The number of aliphatic hydroxyl groups excluding tert-OH is 2. The van der Waals surface area contributed by atoms with E-state index in [0.29, 0.717) is 26.3 Å². The highest BCUT2D eigenvalue weighted by molar-refractivity contribution is 5.79. The lowest BCUT2D eigenvalue weighted by Crippen LogP contribution is -2.40. The van der Waals surface area contributed by atoms with Gasteiger partial charge in [-0.1, -0.05) is 18.2 Å². The zero-order chi connectivity index (χ0) is 22.2. The van der Waals surface area contributed by atoms with E-state index in [2.05, 4.69) is 10.2 Å². The number of carbonyl (C=O) groups is 1. The molecule has 1 aromatic heterocycles. The molecule has 0 fully saturated rings. The van der Waals surface area contributed by atoms with Gasteiger partial charge in [0.25, 0.3) is 0 Å². The summed E-state index contributed by atoms with van der Waals surface area (Å²) in [6, 6.07) is 7.87. The number of rotatable bonds is 2. The van der Waals surface area contributed by atoms with Gasteiger partial charge in [0.2, 0.25) is 5.91 Å². The predicted octanol–water partition coefficient (Wildman–Crippen LogP) is 1.55. The van der Waals surface area contributed by atoms with Gasteiger partial charge in [0.15, 0.2) is 0 Å². The summed E-state index contributed by atoms with van der Waals surface area (Å²) >= 11 is 0. The van der Waals surface area contributed by atoms with E-state index in [0.717, 1.165) is 41.1 Å². The molecule has 0 radical (unpaired) electrons. The standard InChI is InChI=1S/C23H33N3O5/c1-16-19(17(2)25-24-16)14-23(29)26-10-9-20(27)21(28)15-30-12-5-7-18-6-3-4-8-22(18)31-13-11-26/h3-4,6,8,20-21,27-28H,5,7,9-15H2,1-2H3,(H,24,25)/t20-,21+/m0/s1. The van der Waals surface area contributed by atoms with Crippen molar-refractivity contribution in [3.8, 4) is 5.75 Å². The van der Waals surface area contributed by atoms with Gasteiger partial charge in [-0.15, -0.1) is 0 Å². The Morgan fingerprint density at radius 2 is 2.00 bits per heavy atom. The summed E-state index contributed by atoms with van der Waals surface area (Å²) in [5.74, 6) is 0.748. The van der Waals surface area contributed by atoms with Crippen molar-refractivity contribution in [3.63, 3.8) is 0 Å². The minimum Gasteiger partial charge on any atom is -0.491 e. The summed E-state index contributed by atoms with van der Waals surface area (Å²) in [5.41, 5.74) is 3.66. The molecule has 8 nitrogen and oxygen atoms in total. The molecule has 170 valence electrons. The Balaban J connectivity index is 1.72. The van der Waals surface area contributed by atoms with E-state index in [1.807, 2.05) is 38.1 Å². The summed E-state index contributed by atoms with van der Waals surface area (Å²) in [7, 11) is 0. The summed E-state index contributed by atoms with van der Waals surface area (Å²) < 4.78 is 11.5. The summed E-state index contributed by atoms with van der Waals surface area (Å²) in [6.45, 7) is 5.39. The van der Waals surface area contributed by atoms with Gasteiger partial charge >= 0.3 is 0 Å². The maximum Gasteiger partial charge on any atom is 0.227 e. The van der Waals surface area contributed by atoms with Crippen LogP contribution >= 0.6 is 0 Å². The molecule has 1 amide bonds. The number of ether oxygens (including phenoxy) is 2. The van der Waals surface area contributed by atoms with Gasteiger partial charge in [-0.2, -0.15) is 5.10 Å². The largest absolute Gasteiger partial charge is 0.491 e. The number of nitrogens with one attached hydrogen (secondary N) is 1. The van der Waals surface area contributed by atoms with E-state index in [1.54, 1.807) is 4.90 Å².